The Morgan fingerprint density at radius 1 is 1.00 bits per heavy atom. The smallest absolute Gasteiger partial charge is 0.338 e. The standard InChI is InChI=1S/C30H37N3O9/c1-5-21-23(34)17(2)22(32-33-31)30(40-21)42-26-25(38-16-19-12-8-6-9-13-19)24(18(3)39-27(26)29(36)37-4)41-28(35)20-14-10-7-11-15-20/h6-15,17-18,21-27,30,34H,5,16H2,1-4H3/t17?,18-,21?,22+,23+,24?,25-,26+,27?,30-/m0/s1. The Bertz CT molecular complexity index is 1230. The van der Waals surface area contributed by atoms with E-state index >= 15 is 0 Å². The third-order valence-corrected chi connectivity index (χ3v) is 7.67. The van der Waals surface area contributed by atoms with Crippen LogP contribution in [0, 0.1) is 5.92 Å². The van der Waals surface area contributed by atoms with Crippen molar-refractivity contribution in [1.82, 2.24) is 0 Å². The van der Waals surface area contributed by atoms with Gasteiger partial charge >= 0.3 is 11.9 Å². The fourth-order valence-electron chi connectivity index (χ4n) is 5.30. The quantitative estimate of drug-likeness (QED) is 0.189. The number of aliphatic hydroxyl groups excluding tert-OH is 1. The number of methoxy groups -OCH3 is 1. The van der Waals surface area contributed by atoms with Gasteiger partial charge in [-0.3, -0.25) is 0 Å². The molecule has 0 amide bonds. The molecule has 226 valence electrons. The Kier molecular flexibility index (Phi) is 10.9. The topological polar surface area (TPSA) is 159 Å². The third-order valence-electron chi connectivity index (χ3n) is 7.67. The molecule has 2 aromatic carbocycles. The average molecular weight is 584 g/mol. The van der Waals surface area contributed by atoms with E-state index in [1.165, 1.54) is 7.11 Å². The summed E-state index contributed by atoms with van der Waals surface area (Å²) in [5, 5.41) is 14.6. The number of rotatable bonds is 10. The summed E-state index contributed by atoms with van der Waals surface area (Å²) >= 11 is 0. The predicted molar refractivity (Wildman–Crippen MR) is 149 cm³/mol. The van der Waals surface area contributed by atoms with Gasteiger partial charge in [-0.15, -0.1) is 0 Å². The van der Waals surface area contributed by atoms with Crippen molar-refractivity contribution in [1.29, 1.82) is 0 Å². The maximum Gasteiger partial charge on any atom is 0.338 e. The molecule has 2 saturated heterocycles. The van der Waals surface area contributed by atoms with Crippen LogP contribution in [0.5, 0.6) is 0 Å². The van der Waals surface area contributed by atoms with Gasteiger partial charge in [0.15, 0.2) is 18.5 Å². The van der Waals surface area contributed by atoms with Crippen molar-refractivity contribution in [3.63, 3.8) is 0 Å². The second kappa shape index (κ2) is 14.6. The van der Waals surface area contributed by atoms with Crippen molar-refractivity contribution in [2.24, 2.45) is 11.0 Å². The summed E-state index contributed by atoms with van der Waals surface area (Å²) in [7, 11) is 1.22. The van der Waals surface area contributed by atoms with E-state index in [9.17, 15) is 20.2 Å². The predicted octanol–water partition coefficient (Wildman–Crippen LogP) is 3.95. The average Bonchev–Trinajstić information content (AvgIpc) is 3.02. The van der Waals surface area contributed by atoms with Crippen LogP contribution < -0.4 is 0 Å². The Morgan fingerprint density at radius 2 is 1.67 bits per heavy atom. The number of ether oxygens (including phenoxy) is 6. The van der Waals surface area contributed by atoms with Gasteiger partial charge in [0.1, 0.15) is 12.2 Å². The van der Waals surface area contributed by atoms with E-state index in [2.05, 4.69) is 10.0 Å². The minimum absolute atomic E-state index is 0.101. The molecular formula is C30H37N3O9. The second-order valence-corrected chi connectivity index (χ2v) is 10.4. The first-order chi connectivity index (χ1) is 20.3. The van der Waals surface area contributed by atoms with Gasteiger partial charge in [0.05, 0.1) is 43.6 Å². The van der Waals surface area contributed by atoms with Crippen LogP contribution in [0.2, 0.25) is 0 Å². The molecule has 12 heteroatoms. The Morgan fingerprint density at radius 3 is 2.29 bits per heavy atom. The molecule has 2 heterocycles. The van der Waals surface area contributed by atoms with Gasteiger partial charge in [0.25, 0.3) is 0 Å². The number of hydrogen-bond acceptors (Lipinski definition) is 10. The highest BCUT2D eigenvalue weighted by Crippen LogP contribution is 2.36. The molecular weight excluding hydrogens is 546 g/mol. The first kappa shape index (κ1) is 31.4. The highest BCUT2D eigenvalue weighted by molar-refractivity contribution is 5.89. The van der Waals surface area contributed by atoms with Crippen LogP contribution in [0.3, 0.4) is 0 Å². The highest BCUT2D eigenvalue weighted by Gasteiger charge is 2.54. The lowest BCUT2D eigenvalue weighted by molar-refractivity contribution is -0.312. The molecule has 2 aliphatic heterocycles. The Hall–Kier alpha value is -3.51. The second-order valence-electron chi connectivity index (χ2n) is 10.4. The van der Waals surface area contributed by atoms with Crippen LogP contribution in [0.4, 0.5) is 0 Å². The van der Waals surface area contributed by atoms with Gasteiger partial charge in [-0.2, -0.15) is 0 Å². The van der Waals surface area contributed by atoms with Crippen molar-refractivity contribution < 1.29 is 43.1 Å². The molecule has 2 aromatic rings. The van der Waals surface area contributed by atoms with E-state index < -0.39 is 72.9 Å². The lowest BCUT2D eigenvalue weighted by atomic mass is 9.88. The van der Waals surface area contributed by atoms with Crippen LogP contribution in [0.1, 0.15) is 43.1 Å². The fraction of sp³-hybridized carbons (Fsp3) is 0.533. The van der Waals surface area contributed by atoms with Crippen LogP contribution in [-0.4, -0.2) is 79.2 Å². The number of nitrogens with zero attached hydrogens (tertiary/aromatic N) is 3. The molecule has 0 aromatic heterocycles. The number of aliphatic hydroxyl groups is 1. The van der Waals surface area contributed by atoms with E-state index in [-0.39, 0.29) is 6.61 Å². The largest absolute Gasteiger partial charge is 0.467 e. The zero-order valence-corrected chi connectivity index (χ0v) is 24.0. The number of benzene rings is 2. The minimum atomic E-state index is -1.30. The van der Waals surface area contributed by atoms with Gasteiger partial charge in [-0.1, -0.05) is 67.5 Å². The molecule has 0 aliphatic carbocycles. The summed E-state index contributed by atoms with van der Waals surface area (Å²) in [6.45, 7) is 5.35. The summed E-state index contributed by atoms with van der Waals surface area (Å²) in [6, 6.07) is 16.9. The van der Waals surface area contributed by atoms with E-state index in [0.29, 0.717) is 12.0 Å². The maximum absolute atomic E-state index is 13.2. The summed E-state index contributed by atoms with van der Waals surface area (Å²) < 4.78 is 35.9. The van der Waals surface area contributed by atoms with Crippen molar-refractivity contribution in [3.8, 4) is 0 Å². The molecule has 0 saturated carbocycles. The summed E-state index contributed by atoms with van der Waals surface area (Å²) in [6.07, 6.45) is -7.61. The van der Waals surface area contributed by atoms with Crippen LogP contribution in [0.25, 0.3) is 10.4 Å². The SMILES string of the molecule is CCC1O[C@@H](O[C@H]2C(C(=O)OC)O[C@@H](C)C(OC(=O)c3ccccc3)[C@@H]2OCc2ccccc2)[C@H](N=[N+]=[N-])C(C)[C@H]1O. The number of hydrogen-bond donors (Lipinski definition) is 1. The number of esters is 2. The molecule has 1 N–H and O–H groups in total. The lowest BCUT2D eigenvalue weighted by Crippen LogP contribution is -2.64. The first-order valence-corrected chi connectivity index (χ1v) is 14.0. The molecule has 2 aliphatic rings. The van der Waals surface area contributed by atoms with E-state index in [1.54, 1.807) is 44.2 Å². The van der Waals surface area contributed by atoms with Gasteiger partial charge in [-0.05, 0) is 42.5 Å². The van der Waals surface area contributed by atoms with Crippen LogP contribution >= 0.6 is 0 Å². The van der Waals surface area contributed by atoms with Gasteiger partial charge in [-0.25, -0.2) is 9.59 Å². The molecule has 0 radical (unpaired) electrons. The monoisotopic (exact) mass is 583 g/mol. The number of azide groups is 1. The third kappa shape index (κ3) is 7.09. The molecule has 10 atom stereocenters. The summed E-state index contributed by atoms with van der Waals surface area (Å²) in [5.74, 6) is -1.87. The zero-order chi connectivity index (χ0) is 30.2. The van der Waals surface area contributed by atoms with Gasteiger partial charge in [0.2, 0.25) is 0 Å². The summed E-state index contributed by atoms with van der Waals surface area (Å²) in [5.41, 5.74) is 10.4. The van der Waals surface area contributed by atoms with Gasteiger partial charge in [0, 0.05) is 4.91 Å². The van der Waals surface area contributed by atoms with E-state index in [4.69, 9.17) is 28.4 Å². The van der Waals surface area contributed by atoms with Crippen LogP contribution in [0.15, 0.2) is 65.8 Å². The summed E-state index contributed by atoms with van der Waals surface area (Å²) in [4.78, 5) is 29.1. The molecule has 4 rings (SSSR count). The van der Waals surface area contributed by atoms with E-state index in [1.807, 2.05) is 37.3 Å². The van der Waals surface area contributed by atoms with Crippen molar-refractivity contribution >= 4 is 11.9 Å². The zero-order valence-electron chi connectivity index (χ0n) is 24.0. The highest BCUT2D eigenvalue weighted by atomic mass is 16.7. The fourth-order valence-corrected chi connectivity index (χ4v) is 5.30. The Balaban J connectivity index is 1.72. The molecule has 42 heavy (non-hydrogen) atoms. The van der Waals surface area contributed by atoms with Crippen molar-refractivity contribution in [2.45, 2.75) is 88.9 Å². The van der Waals surface area contributed by atoms with E-state index in [0.717, 1.165) is 5.56 Å². The van der Waals surface area contributed by atoms with Gasteiger partial charge < -0.3 is 33.5 Å². The van der Waals surface area contributed by atoms with Crippen molar-refractivity contribution in [2.75, 3.05) is 7.11 Å². The molecule has 12 nitrogen and oxygen atoms in total. The molecule has 0 spiro atoms. The van der Waals surface area contributed by atoms with Crippen LogP contribution in [-0.2, 0) is 39.8 Å². The van der Waals surface area contributed by atoms with Crippen molar-refractivity contribution in [3.05, 3.63) is 82.2 Å². The number of carbonyl (C=O) groups excluding carboxylic acids is 2. The lowest BCUT2D eigenvalue weighted by Gasteiger charge is -2.47. The molecule has 0 bridgehead atoms. The Labute approximate surface area is 244 Å². The first-order valence-electron chi connectivity index (χ1n) is 14.0. The molecule has 4 unspecified atom stereocenters. The maximum atomic E-state index is 13.2. The minimum Gasteiger partial charge on any atom is -0.467 e. The molecule has 2 fully saturated rings. The normalized spacial score (nSPS) is 32.8. The number of carbonyl (C=O) groups is 2.